The Morgan fingerprint density at radius 2 is 1.65 bits per heavy atom. The summed E-state index contributed by atoms with van der Waals surface area (Å²) in [6.07, 6.45) is 4.36. The van der Waals surface area contributed by atoms with Crippen LogP contribution in [0.3, 0.4) is 0 Å². The van der Waals surface area contributed by atoms with Gasteiger partial charge in [-0.25, -0.2) is 0 Å². The standard InChI is InChI=1S/C40H45N3O4S/c1-7-48(6)43-24-30-13-12-29(40(46)41-31-14-16-32(17-15-31)47-33-18-20-42(5)21-19-33)22-35(30)38-27(4)37(28-10-8-25(2)9-11-28)34(23-36(44)45)26(3)39(38)43/h7-17,22,33H,18-21,23-24H2,1-6H3,(H,41,46)(H,44,45). The number of fused-ring (bicyclic) bond motifs is 3. The molecule has 6 rings (SSSR count). The van der Waals surface area contributed by atoms with Crippen molar-refractivity contribution in [2.45, 2.75) is 59.6 Å². The summed E-state index contributed by atoms with van der Waals surface area (Å²) < 4.78 is 8.59. The number of rotatable bonds is 8. The number of carbonyl (C=O) groups excluding carboxylic acids is 1. The molecule has 250 valence electrons. The van der Waals surface area contributed by atoms with Crippen LogP contribution in [0.4, 0.5) is 11.4 Å². The summed E-state index contributed by atoms with van der Waals surface area (Å²) in [6, 6.07) is 21.9. The van der Waals surface area contributed by atoms with Gasteiger partial charge in [0.15, 0.2) is 0 Å². The molecule has 2 aliphatic rings. The van der Waals surface area contributed by atoms with E-state index in [1.165, 1.54) is 0 Å². The monoisotopic (exact) mass is 663 g/mol. The number of benzene rings is 4. The van der Waals surface area contributed by atoms with Crippen molar-refractivity contribution in [2.24, 2.45) is 0 Å². The third-order valence-electron chi connectivity index (χ3n) is 9.74. The van der Waals surface area contributed by atoms with Crippen molar-refractivity contribution < 1.29 is 19.4 Å². The minimum absolute atomic E-state index is 0.0680. The van der Waals surface area contributed by atoms with Crippen LogP contribution in [0.2, 0.25) is 0 Å². The van der Waals surface area contributed by atoms with Crippen LogP contribution < -0.4 is 14.4 Å². The molecule has 1 unspecified atom stereocenters. The molecule has 2 N–H and O–H groups in total. The zero-order chi connectivity index (χ0) is 34.1. The van der Waals surface area contributed by atoms with Crippen molar-refractivity contribution in [3.63, 3.8) is 0 Å². The Kier molecular flexibility index (Phi) is 9.76. The number of nitrogens with one attached hydrogen (secondary N) is 1. The van der Waals surface area contributed by atoms with Crippen LogP contribution in [-0.4, -0.2) is 59.7 Å². The molecule has 0 bridgehead atoms. The highest BCUT2D eigenvalue weighted by Crippen LogP contribution is 2.51. The number of amides is 1. The molecule has 8 heteroatoms. The van der Waals surface area contributed by atoms with Crippen LogP contribution in [0.25, 0.3) is 22.3 Å². The molecule has 4 aromatic rings. The molecule has 7 nitrogen and oxygen atoms in total. The molecule has 4 aromatic carbocycles. The first-order valence-corrected chi connectivity index (χ1v) is 18.3. The molecule has 1 fully saturated rings. The highest BCUT2D eigenvalue weighted by atomic mass is 32.2. The fourth-order valence-corrected chi connectivity index (χ4v) is 8.10. The van der Waals surface area contributed by atoms with Gasteiger partial charge >= 0.3 is 5.97 Å². The summed E-state index contributed by atoms with van der Waals surface area (Å²) in [7, 11) is 1.93. The Morgan fingerprint density at radius 1 is 0.958 bits per heavy atom. The molecule has 2 aliphatic heterocycles. The normalized spacial score (nSPS) is 15.5. The zero-order valence-electron chi connectivity index (χ0n) is 28.7. The van der Waals surface area contributed by atoms with E-state index >= 15 is 0 Å². The quantitative estimate of drug-likeness (QED) is 0.185. The molecule has 2 heterocycles. The first kappa shape index (κ1) is 33.5. The number of carbonyl (C=O) groups is 2. The van der Waals surface area contributed by atoms with Gasteiger partial charge in [-0.3, -0.25) is 9.59 Å². The van der Waals surface area contributed by atoms with Crippen LogP contribution in [-0.2, 0) is 17.8 Å². The smallest absolute Gasteiger partial charge is 0.307 e. The number of anilines is 2. The molecule has 1 amide bonds. The predicted molar refractivity (Wildman–Crippen MR) is 200 cm³/mol. The maximum Gasteiger partial charge on any atom is 0.307 e. The molecule has 1 saturated heterocycles. The number of carboxylic acid groups (broad SMARTS) is 1. The van der Waals surface area contributed by atoms with Gasteiger partial charge in [-0.05, 0) is 135 Å². The molecule has 0 spiro atoms. The molecule has 0 saturated carbocycles. The minimum Gasteiger partial charge on any atom is -0.490 e. The molecule has 48 heavy (non-hydrogen) atoms. The van der Waals surface area contributed by atoms with Crippen LogP contribution in [0.15, 0.2) is 66.7 Å². The molecular formula is C40H45N3O4S. The number of carboxylic acids is 1. The third-order valence-corrected chi connectivity index (χ3v) is 11.4. The second kappa shape index (κ2) is 14.0. The number of likely N-dealkylation sites (tertiary alicyclic amines) is 1. The van der Waals surface area contributed by atoms with Crippen molar-refractivity contribution in [1.82, 2.24) is 4.90 Å². The van der Waals surface area contributed by atoms with Crippen LogP contribution in [0, 0.1) is 20.8 Å². The average Bonchev–Trinajstić information content (AvgIpc) is 3.08. The highest BCUT2D eigenvalue weighted by Gasteiger charge is 2.31. The van der Waals surface area contributed by atoms with E-state index in [-0.39, 0.29) is 29.1 Å². The van der Waals surface area contributed by atoms with E-state index in [1.54, 1.807) is 0 Å². The molecule has 0 aromatic heterocycles. The number of ether oxygens (including phenoxy) is 1. The van der Waals surface area contributed by atoms with Crippen molar-refractivity contribution >= 4 is 39.3 Å². The van der Waals surface area contributed by atoms with Gasteiger partial charge in [0.05, 0.1) is 18.7 Å². The van der Waals surface area contributed by atoms with Gasteiger partial charge in [0.25, 0.3) is 5.91 Å². The lowest BCUT2D eigenvalue weighted by Gasteiger charge is -2.38. The second-order valence-corrected chi connectivity index (χ2v) is 15.0. The fourth-order valence-electron chi connectivity index (χ4n) is 6.98. The summed E-state index contributed by atoms with van der Waals surface area (Å²) in [4.78, 5) is 28.2. The van der Waals surface area contributed by atoms with E-state index in [9.17, 15) is 14.7 Å². The van der Waals surface area contributed by atoms with Gasteiger partial charge in [-0.2, -0.15) is 0 Å². The summed E-state index contributed by atoms with van der Waals surface area (Å²) in [5, 5.41) is 15.3. The second-order valence-electron chi connectivity index (χ2n) is 13.0. The van der Waals surface area contributed by atoms with Gasteiger partial charge in [0, 0.05) is 29.9 Å². The maximum atomic E-state index is 13.7. The Balaban J connectivity index is 1.38. The van der Waals surface area contributed by atoms with Crippen LogP contribution >= 0.6 is 10.7 Å². The summed E-state index contributed by atoms with van der Waals surface area (Å²) >= 11 is 0. The van der Waals surface area contributed by atoms with Crippen molar-refractivity contribution in [3.8, 4) is 28.0 Å². The number of piperidine rings is 1. The minimum atomic E-state index is -0.855. The number of hydrogen-bond acceptors (Lipinski definition) is 5. The van der Waals surface area contributed by atoms with Crippen molar-refractivity contribution in [2.75, 3.05) is 36.0 Å². The van der Waals surface area contributed by atoms with E-state index < -0.39 is 5.97 Å². The lowest BCUT2D eigenvalue weighted by molar-refractivity contribution is -0.136. The van der Waals surface area contributed by atoms with Gasteiger partial charge in [0.1, 0.15) is 11.9 Å². The Bertz CT molecular complexity index is 1890. The fraction of sp³-hybridized carbons (Fsp3) is 0.325. The highest BCUT2D eigenvalue weighted by molar-refractivity contribution is 8.15. The topological polar surface area (TPSA) is 82.1 Å². The number of aliphatic carboxylic acids is 1. The molecule has 0 aliphatic carbocycles. The van der Waals surface area contributed by atoms with Crippen LogP contribution in [0.1, 0.15) is 57.9 Å². The summed E-state index contributed by atoms with van der Waals surface area (Å²) in [5.41, 5.74) is 11.5. The van der Waals surface area contributed by atoms with Crippen molar-refractivity contribution in [3.05, 3.63) is 100 Å². The SMILES string of the molecule is C/C=S(/C)N1Cc2ccc(C(=O)Nc3ccc(OC4CCN(C)CC4)cc3)cc2-c2c(C)c(-c3ccc(C)cc3)c(CC(=O)O)c(C)c21. The summed E-state index contributed by atoms with van der Waals surface area (Å²) in [5.74, 6) is -0.223. The van der Waals surface area contributed by atoms with Gasteiger partial charge in [-0.15, -0.1) is 10.7 Å². The first-order chi connectivity index (χ1) is 23.0. The van der Waals surface area contributed by atoms with E-state index in [1.807, 2.05) is 36.4 Å². The van der Waals surface area contributed by atoms with E-state index in [4.69, 9.17) is 4.74 Å². The molecule has 1 atom stereocenters. The Hall–Kier alpha value is -4.40. The van der Waals surface area contributed by atoms with Crippen LogP contribution in [0.5, 0.6) is 5.75 Å². The van der Waals surface area contributed by atoms with E-state index in [0.717, 1.165) is 87.4 Å². The lowest BCUT2D eigenvalue weighted by atomic mass is 9.80. The number of aryl methyl sites for hydroxylation is 1. The van der Waals surface area contributed by atoms with Gasteiger partial charge in [0.2, 0.25) is 0 Å². The third kappa shape index (κ3) is 6.78. The van der Waals surface area contributed by atoms with E-state index in [2.05, 4.69) is 91.2 Å². The van der Waals surface area contributed by atoms with Gasteiger partial charge in [-0.1, -0.05) is 35.9 Å². The maximum absolute atomic E-state index is 13.7. The number of nitrogens with zero attached hydrogens (tertiary/aromatic N) is 2. The number of hydrogen-bond donors (Lipinski definition) is 2. The predicted octanol–water partition coefficient (Wildman–Crippen LogP) is 8.25. The Labute approximate surface area is 286 Å². The van der Waals surface area contributed by atoms with Crippen molar-refractivity contribution in [1.29, 1.82) is 0 Å². The largest absolute Gasteiger partial charge is 0.490 e. The summed E-state index contributed by atoms with van der Waals surface area (Å²) in [6.45, 7) is 11.0. The lowest BCUT2D eigenvalue weighted by Crippen LogP contribution is -2.35. The molecular weight excluding hydrogens is 619 g/mol. The molecule has 0 radical (unpaired) electrons. The first-order valence-electron chi connectivity index (χ1n) is 16.6. The van der Waals surface area contributed by atoms with Gasteiger partial charge < -0.3 is 24.4 Å². The average molecular weight is 664 g/mol. The van der Waals surface area contributed by atoms with E-state index in [0.29, 0.717) is 17.8 Å². The Morgan fingerprint density at radius 3 is 2.29 bits per heavy atom. The zero-order valence-corrected chi connectivity index (χ0v) is 29.5.